The van der Waals surface area contributed by atoms with E-state index in [2.05, 4.69) is 4.74 Å². The smallest absolute Gasteiger partial charge is 0.387 e. The van der Waals surface area contributed by atoms with Crippen molar-refractivity contribution in [1.82, 2.24) is 0 Å². The highest BCUT2D eigenvalue weighted by Crippen LogP contribution is 2.53. The number of hydrogen-bond donors (Lipinski definition) is 0. The van der Waals surface area contributed by atoms with Crippen molar-refractivity contribution in [2.24, 2.45) is 5.92 Å². The summed E-state index contributed by atoms with van der Waals surface area (Å²) < 4.78 is 37.6. The third kappa shape index (κ3) is 4.11. The lowest BCUT2D eigenvalue weighted by Crippen LogP contribution is -2.11. The molecule has 0 aliphatic heterocycles. The molecule has 2 rings (SSSR count). The number of halogens is 4. The Labute approximate surface area is 129 Å². The van der Waals surface area contributed by atoms with Gasteiger partial charge in [0.15, 0.2) is 11.5 Å². The number of benzene rings is 1. The van der Waals surface area contributed by atoms with Crippen LogP contribution in [0.1, 0.15) is 12.0 Å². The third-order valence-electron chi connectivity index (χ3n) is 2.94. The summed E-state index contributed by atoms with van der Waals surface area (Å²) in [6.07, 6.45) is 0.361. The van der Waals surface area contributed by atoms with Crippen LogP contribution in [0.5, 0.6) is 11.5 Å². The van der Waals surface area contributed by atoms with Crippen molar-refractivity contribution >= 4 is 29.2 Å². The van der Waals surface area contributed by atoms with Gasteiger partial charge in [-0.05, 0) is 24.1 Å². The topological polar surface area (TPSA) is 44.8 Å². The van der Waals surface area contributed by atoms with E-state index in [-0.39, 0.29) is 18.1 Å². The van der Waals surface area contributed by atoms with Crippen molar-refractivity contribution in [3.8, 4) is 11.5 Å². The molecule has 0 amide bonds. The van der Waals surface area contributed by atoms with E-state index in [1.807, 2.05) is 0 Å². The summed E-state index contributed by atoms with van der Waals surface area (Å²) in [5.41, 5.74) is 0.567. The van der Waals surface area contributed by atoms with Gasteiger partial charge in [0.1, 0.15) is 10.9 Å². The Bertz CT molecular complexity index is 537. The molecule has 1 atom stereocenters. The average Bonchev–Trinajstić information content (AvgIpc) is 3.05. The second-order valence-electron chi connectivity index (χ2n) is 4.49. The molecular weight excluding hydrogens is 329 g/mol. The van der Waals surface area contributed by atoms with Gasteiger partial charge in [0.05, 0.1) is 13.0 Å². The molecule has 0 heterocycles. The summed E-state index contributed by atoms with van der Waals surface area (Å²) >= 11 is 11.5. The number of rotatable bonds is 6. The number of methoxy groups -OCH3 is 1. The number of hydrogen-bond acceptors (Lipinski definition) is 4. The maximum atomic E-state index is 12.2. The van der Waals surface area contributed by atoms with E-state index in [0.29, 0.717) is 12.0 Å². The predicted molar refractivity (Wildman–Crippen MR) is 72.0 cm³/mol. The molecule has 0 bridgehead atoms. The number of alkyl halides is 4. The van der Waals surface area contributed by atoms with Gasteiger partial charge >= 0.3 is 12.6 Å². The minimum absolute atomic E-state index is 0.0372. The van der Waals surface area contributed by atoms with Crippen LogP contribution in [0.2, 0.25) is 0 Å². The molecular formula is C13H12Cl2F2O4. The molecule has 8 heteroatoms. The van der Waals surface area contributed by atoms with Crippen molar-refractivity contribution in [2.75, 3.05) is 7.11 Å². The van der Waals surface area contributed by atoms with E-state index in [1.165, 1.54) is 25.3 Å². The highest BCUT2D eigenvalue weighted by molar-refractivity contribution is 6.52. The molecule has 1 aromatic rings. The quantitative estimate of drug-likeness (QED) is 0.587. The van der Waals surface area contributed by atoms with Crippen LogP contribution in [0.4, 0.5) is 8.78 Å². The zero-order valence-corrected chi connectivity index (χ0v) is 12.5. The Morgan fingerprint density at radius 2 is 2.10 bits per heavy atom. The number of carbonyl (C=O) groups excluding carboxylic acids is 1. The monoisotopic (exact) mass is 340 g/mol. The minimum atomic E-state index is -2.95. The number of carbonyl (C=O) groups is 1. The highest BCUT2D eigenvalue weighted by atomic mass is 35.5. The van der Waals surface area contributed by atoms with Crippen LogP contribution in [-0.2, 0) is 16.1 Å². The van der Waals surface area contributed by atoms with Gasteiger partial charge in [-0.3, -0.25) is 4.79 Å². The lowest BCUT2D eigenvalue weighted by molar-refractivity contribution is -0.146. The van der Waals surface area contributed by atoms with Crippen LogP contribution in [0, 0.1) is 5.92 Å². The van der Waals surface area contributed by atoms with Crippen LogP contribution >= 0.6 is 23.2 Å². The van der Waals surface area contributed by atoms with E-state index in [0.717, 1.165) is 0 Å². The summed E-state index contributed by atoms with van der Waals surface area (Å²) in [7, 11) is 1.32. The van der Waals surface area contributed by atoms with Crippen molar-refractivity contribution in [1.29, 1.82) is 0 Å². The summed E-state index contributed by atoms with van der Waals surface area (Å²) in [5.74, 6) is -0.986. The standard InChI is InChI=1S/C13H12Cl2F2O4/c1-19-10-4-7(2-3-9(10)21-12(16)17)6-20-11(18)8-5-13(8,14)15/h2-4,8,12H,5-6H2,1H3. The first-order valence-corrected chi connectivity index (χ1v) is 6.75. The molecule has 1 unspecified atom stereocenters. The number of esters is 1. The lowest BCUT2D eigenvalue weighted by atomic mass is 10.2. The van der Waals surface area contributed by atoms with Crippen molar-refractivity contribution < 1.29 is 27.8 Å². The van der Waals surface area contributed by atoms with Gasteiger partial charge in [-0.2, -0.15) is 8.78 Å². The third-order valence-corrected chi connectivity index (χ3v) is 3.77. The van der Waals surface area contributed by atoms with Crippen LogP contribution in [0.15, 0.2) is 18.2 Å². The zero-order chi connectivity index (χ0) is 15.6. The summed E-state index contributed by atoms with van der Waals surface area (Å²) in [6.45, 7) is -2.98. The summed E-state index contributed by atoms with van der Waals surface area (Å²) in [6, 6.07) is 4.26. The van der Waals surface area contributed by atoms with E-state index in [4.69, 9.17) is 32.7 Å². The van der Waals surface area contributed by atoms with Crippen molar-refractivity contribution in [3.63, 3.8) is 0 Å². The van der Waals surface area contributed by atoms with E-state index < -0.39 is 22.8 Å². The van der Waals surface area contributed by atoms with E-state index >= 15 is 0 Å². The largest absolute Gasteiger partial charge is 0.493 e. The van der Waals surface area contributed by atoms with Gasteiger partial charge < -0.3 is 14.2 Å². The zero-order valence-electron chi connectivity index (χ0n) is 10.9. The molecule has 116 valence electrons. The fourth-order valence-electron chi connectivity index (χ4n) is 1.72. The lowest BCUT2D eigenvalue weighted by Gasteiger charge is -2.11. The maximum Gasteiger partial charge on any atom is 0.387 e. The molecule has 1 aliphatic rings. The summed E-state index contributed by atoms with van der Waals surface area (Å²) in [5, 5.41) is 0. The van der Waals surface area contributed by atoms with Crippen LogP contribution in [0.3, 0.4) is 0 Å². The molecule has 0 N–H and O–H groups in total. The van der Waals surface area contributed by atoms with Gasteiger partial charge in [-0.25, -0.2) is 0 Å². The van der Waals surface area contributed by atoms with Crippen molar-refractivity contribution in [3.05, 3.63) is 23.8 Å². The van der Waals surface area contributed by atoms with Crippen LogP contribution in [-0.4, -0.2) is 24.0 Å². The second-order valence-corrected chi connectivity index (χ2v) is 6.03. The SMILES string of the molecule is COc1cc(COC(=O)C2CC2(Cl)Cl)ccc1OC(F)F. The molecule has 0 aromatic heterocycles. The van der Waals surface area contributed by atoms with E-state index in [1.54, 1.807) is 0 Å². The molecule has 1 aromatic carbocycles. The molecule has 1 saturated carbocycles. The van der Waals surface area contributed by atoms with Crippen LogP contribution in [0.25, 0.3) is 0 Å². The second kappa shape index (κ2) is 6.23. The highest BCUT2D eigenvalue weighted by Gasteiger charge is 2.57. The Balaban J connectivity index is 1.96. The molecule has 4 nitrogen and oxygen atoms in total. The first-order chi connectivity index (χ1) is 9.83. The van der Waals surface area contributed by atoms with Gasteiger partial charge in [0.2, 0.25) is 0 Å². The molecule has 0 spiro atoms. The Hall–Kier alpha value is -1.27. The van der Waals surface area contributed by atoms with Gasteiger partial charge in [0, 0.05) is 0 Å². The molecule has 0 saturated heterocycles. The average molecular weight is 341 g/mol. The van der Waals surface area contributed by atoms with Gasteiger partial charge in [0.25, 0.3) is 0 Å². The molecule has 1 fully saturated rings. The fraction of sp³-hybridized carbons (Fsp3) is 0.462. The predicted octanol–water partition coefficient (Wildman–Crippen LogP) is 3.53. The normalized spacial score (nSPS) is 19.2. The number of ether oxygens (including phenoxy) is 3. The van der Waals surface area contributed by atoms with Crippen LogP contribution < -0.4 is 9.47 Å². The van der Waals surface area contributed by atoms with E-state index in [9.17, 15) is 13.6 Å². The first kappa shape index (κ1) is 16.1. The molecule has 0 radical (unpaired) electrons. The first-order valence-electron chi connectivity index (χ1n) is 5.99. The van der Waals surface area contributed by atoms with Gasteiger partial charge in [-0.15, -0.1) is 23.2 Å². The Morgan fingerprint density at radius 1 is 1.43 bits per heavy atom. The maximum absolute atomic E-state index is 12.2. The minimum Gasteiger partial charge on any atom is -0.493 e. The Morgan fingerprint density at radius 3 is 2.62 bits per heavy atom. The molecule has 1 aliphatic carbocycles. The van der Waals surface area contributed by atoms with Gasteiger partial charge in [-0.1, -0.05) is 6.07 Å². The Kier molecular flexibility index (Phi) is 4.78. The van der Waals surface area contributed by atoms with Crippen molar-refractivity contribution in [2.45, 2.75) is 24.0 Å². The summed E-state index contributed by atoms with van der Waals surface area (Å²) in [4.78, 5) is 11.6. The fourth-order valence-corrected chi connectivity index (χ4v) is 2.21. The molecule has 21 heavy (non-hydrogen) atoms.